The minimum absolute atomic E-state index is 0.159. The van der Waals surface area contributed by atoms with Crippen LogP contribution in [0, 0.1) is 0 Å². The van der Waals surface area contributed by atoms with E-state index in [1.54, 1.807) is 7.11 Å². The van der Waals surface area contributed by atoms with E-state index < -0.39 is 0 Å². The number of methoxy groups -OCH3 is 1. The third-order valence-corrected chi connectivity index (χ3v) is 2.87. The molecular formula is C13H16O2S. The second kappa shape index (κ2) is 6.38. The quantitative estimate of drug-likeness (QED) is 0.589. The zero-order valence-electron chi connectivity index (χ0n) is 9.82. The van der Waals surface area contributed by atoms with E-state index in [-0.39, 0.29) is 5.12 Å². The van der Waals surface area contributed by atoms with E-state index in [1.165, 1.54) is 17.3 Å². The number of ether oxygens (including phenoxy) is 1. The van der Waals surface area contributed by atoms with Gasteiger partial charge in [0.2, 0.25) is 0 Å². The van der Waals surface area contributed by atoms with Crippen LogP contribution < -0.4 is 4.74 Å². The molecule has 0 N–H and O–H groups in total. The molecule has 1 aromatic rings. The summed E-state index contributed by atoms with van der Waals surface area (Å²) < 4.78 is 5.05. The van der Waals surface area contributed by atoms with Gasteiger partial charge in [0.25, 0.3) is 0 Å². The normalized spacial score (nSPS) is 9.69. The zero-order valence-corrected chi connectivity index (χ0v) is 10.6. The Morgan fingerprint density at radius 1 is 1.31 bits per heavy atom. The smallest absolute Gasteiger partial charge is 0.197 e. The molecule has 0 aromatic heterocycles. The Morgan fingerprint density at radius 2 is 1.94 bits per heavy atom. The van der Waals surface area contributed by atoms with E-state index in [0.717, 1.165) is 10.6 Å². The highest BCUT2D eigenvalue weighted by atomic mass is 32.2. The fraction of sp³-hybridized carbons (Fsp3) is 0.308. The number of carbonyl (C=O) groups excluding carboxylic acids is 1. The van der Waals surface area contributed by atoms with Crippen LogP contribution in [0.4, 0.5) is 0 Å². The molecule has 0 atom stereocenters. The van der Waals surface area contributed by atoms with Crippen molar-refractivity contribution in [3.8, 4) is 5.75 Å². The highest BCUT2D eigenvalue weighted by Gasteiger charge is 2.03. The third-order valence-electron chi connectivity index (χ3n) is 1.97. The lowest BCUT2D eigenvalue weighted by Gasteiger charge is -2.01. The summed E-state index contributed by atoms with van der Waals surface area (Å²) in [6.07, 6.45) is 2.43. The van der Waals surface area contributed by atoms with Crippen LogP contribution >= 0.6 is 11.8 Å². The molecule has 2 nitrogen and oxygen atoms in total. The molecule has 0 amide bonds. The summed E-state index contributed by atoms with van der Waals surface area (Å²) in [5.41, 5.74) is 1.17. The van der Waals surface area contributed by atoms with Crippen molar-refractivity contribution < 1.29 is 9.53 Å². The van der Waals surface area contributed by atoms with E-state index in [1.807, 2.05) is 44.2 Å². The Morgan fingerprint density at radius 3 is 2.44 bits per heavy atom. The number of thioether (sulfide) groups is 1. The van der Waals surface area contributed by atoms with Crippen LogP contribution in [-0.4, -0.2) is 12.2 Å². The molecule has 0 radical (unpaired) electrons. The molecular weight excluding hydrogens is 220 g/mol. The van der Waals surface area contributed by atoms with Crippen molar-refractivity contribution >= 4 is 16.9 Å². The van der Waals surface area contributed by atoms with Crippen LogP contribution in [0.5, 0.6) is 5.75 Å². The van der Waals surface area contributed by atoms with Gasteiger partial charge in [-0.05, 0) is 38.1 Å². The predicted octanol–water partition coefficient (Wildman–Crippen LogP) is 3.67. The van der Waals surface area contributed by atoms with Gasteiger partial charge in [0.1, 0.15) is 5.75 Å². The molecule has 0 bridgehead atoms. The number of rotatable bonds is 4. The SMILES string of the molecule is COc1ccc(SC(=O)CC=C(C)C)cc1. The monoisotopic (exact) mass is 236 g/mol. The van der Waals surface area contributed by atoms with Crippen molar-refractivity contribution in [2.75, 3.05) is 7.11 Å². The van der Waals surface area contributed by atoms with Crippen LogP contribution in [0.25, 0.3) is 0 Å². The van der Waals surface area contributed by atoms with Crippen molar-refractivity contribution in [3.63, 3.8) is 0 Å². The van der Waals surface area contributed by atoms with Crippen LogP contribution in [0.15, 0.2) is 40.8 Å². The van der Waals surface area contributed by atoms with E-state index in [4.69, 9.17) is 4.74 Å². The molecule has 1 aromatic carbocycles. The van der Waals surface area contributed by atoms with Crippen molar-refractivity contribution in [2.24, 2.45) is 0 Å². The molecule has 0 aliphatic carbocycles. The minimum Gasteiger partial charge on any atom is -0.497 e. The van der Waals surface area contributed by atoms with Crippen LogP contribution in [-0.2, 0) is 4.79 Å². The van der Waals surface area contributed by atoms with Crippen molar-refractivity contribution in [1.82, 2.24) is 0 Å². The van der Waals surface area contributed by atoms with Crippen molar-refractivity contribution in [1.29, 1.82) is 0 Å². The highest BCUT2D eigenvalue weighted by molar-refractivity contribution is 8.13. The van der Waals surface area contributed by atoms with Crippen LogP contribution in [0.1, 0.15) is 20.3 Å². The third kappa shape index (κ3) is 4.53. The van der Waals surface area contributed by atoms with E-state index in [9.17, 15) is 4.79 Å². The second-order valence-corrected chi connectivity index (χ2v) is 4.77. The summed E-state index contributed by atoms with van der Waals surface area (Å²) in [4.78, 5) is 12.5. The maximum absolute atomic E-state index is 11.6. The first kappa shape index (κ1) is 12.8. The highest BCUT2D eigenvalue weighted by Crippen LogP contribution is 2.23. The summed E-state index contributed by atoms with van der Waals surface area (Å²) >= 11 is 1.27. The maximum Gasteiger partial charge on any atom is 0.197 e. The maximum atomic E-state index is 11.6. The van der Waals surface area contributed by atoms with Gasteiger partial charge in [-0.15, -0.1) is 0 Å². The van der Waals surface area contributed by atoms with Crippen molar-refractivity contribution in [2.45, 2.75) is 25.2 Å². The largest absolute Gasteiger partial charge is 0.497 e. The van der Waals surface area contributed by atoms with Gasteiger partial charge >= 0.3 is 0 Å². The molecule has 86 valence electrons. The first-order valence-corrected chi connectivity index (χ1v) is 5.91. The predicted molar refractivity (Wildman–Crippen MR) is 67.9 cm³/mol. The fourth-order valence-electron chi connectivity index (χ4n) is 1.10. The molecule has 0 aliphatic rings. The molecule has 0 saturated carbocycles. The zero-order chi connectivity index (χ0) is 12.0. The van der Waals surface area contributed by atoms with Gasteiger partial charge in [-0.1, -0.05) is 23.4 Å². The van der Waals surface area contributed by atoms with Gasteiger partial charge in [0.05, 0.1) is 7.11 Å². The van der Waals surface area contributed by atoms with Crippen LogP contribution in [0.2, 0.25) is 0 Å². The first-order valence-electron chi connectivity index (χ1n) is 5.10. The number of hydrogen-bond acceptors (Lipinski definition) is 3. The molecule has 0 spiro atoms. The molecule has 0 heterocycles. The molecule has 0 saturated heterocycles. The molecule has 0 fully saturated rings. The minimum atomic E-state index is 0.159. The summed E-state index contributed by atoms with van der Waals surface area (Å²) in [5, 5.41) is 0.159. The average Bonchev–Trinajstić information content (AvgIpc) is 2.27. The molecule has 1 rings (SSSR count). The number of benzene rings is 1. The van der Waals surface area contributed by atoms with Crippen molar-refractivity contribution in [3.05, 3.63) is 35.9 Å². The van der Waals surface area contributed by atoms with Gasteiger partial charge in [-0.25, -0.2) is 0 Å². The first-order chi connectivity index (χ1) is 7.61. The van der Waals surface area contributed by atoms with Gasteiger partial charge in [0, 0.05) is 11.3 Å². The summed E-state index contributed by atoms with van der Waals surface area (Å²) in [6.45, 7) is 3.98. The molecule has 0 unspecified atom stereocenters. The average molecular weight is 236 g/mol. The van der Waals surface area contributed by atoms with E-state index in [0.29, 0.717) is 6.42 Å². The van der Waals surface area contributed by atoms with E-state index in [2.05, 4.69) is 0 Å². The van der Waals surface area contributed by atoms with Crippen LogP contribution in [0.3, 0.4) is 0 Å². The lowest BCUT2D eigenvalue weighted by Crippen LogP contribution is -1.89. The summed E-state index contributed by atoms with van der Waals surface area (Å²) in [7, 11) is 1.63. The Labute approximate surface area is 101 Å². The Kier molecular flexibility index (Phi) is 5.12. The van der Waals surface area contributed by atoms with Gasteiger partial charge < -0.3 is 4.74 Å². The van der Waals surface area contributed by atoms with E-state index >= 15 is 0 Å². The fourth-order valence-corrected chi connectivity index (χ4v) is 1.81. The molecule has 16 heavy (non-hydrogen) atoms. The second-order valence-electron chi connectivity index (χ2n) is 3.64. The summed E-state index contributed by atoms with van der Waals surface area (Å²) in [5.74, 6) is 0.807. The van der Waals surface area contributed by atoms with Gasteiger partial charge in [-0.2, -0.15) is 0 Å². The lowest BCUT2D eigenvalue weighted by atomic mass is 10.3. The van der Waals surface area contributed by atoms with Gasteiger partial charge in [0.15, 0.2) is 5.12 Å². The van der Waals surface area contributed by atoms with Gasteiger partial charge in [-0.3, -0.25) is 4.79 Å². The Bertz CT molecular complexity index is 375. The number of hydrogen-bond donors (Lipinski definition) is 0. The topological polar surface area (TPSA) is 26.3 Å². The summed E-state index contributed by atoms with van der Waals surface area (Å²) in [6, 6.07) is 7.50. The Hall–Kier alpha value is -1.22. The standard InChI is InChI=1S/C13H16O2S/c1-10(2)4-9-13(14)16-12-7-5-11(15-3)6-8-12/h4-8H,9H2,1-3H3. The number of carbonyl (C=O) groups is 1. The molecule has 0 aliphatic heterocycles. The lowest BCUT2D eigenvalue weighted by molar-refractivity contribution is -0.110. The number of allylic oxidation sites excluding steroid dienone is 2. The Balaban J connectivity index is 2.53. The molecule has 3 heteroatoms.